The second kappa shape index (κ2) is 8.72. The number of amides is 1. The largest absolute Gasteiger partial charge is 0.497 e. The second-order valence-corrected chi connectivity index (χ2v) is 9.07. The van der Waals surface area contributed by atoms with E-state index < -0.39 is 28.6 Å². The number of carbonyl (C=O) groups excluding carboxylic acids is 1. The molecule has 0 heterocycles. The molecule has 0 saturated carbocycles. The minimum Gasteiger partial charge on any atom is -0.497 e. The first-order chi connectivity index (χ1) is 13.1. The molecule has 0 aliphatic rings. The van der Waals surface area contributed by atoms with E-state index in [9.17, 15) is 18.3 Å². The monoisotopic (exact) mass is 406 g/mol. The van der Waals surface area contributed by atoms with Gasteiger partial charge in [0.2, 0.25) is 15.9 Å². The van der Waals surface area contributed by atoms with E-state index in [1.54, 1.807) is 36.4 Å². The number of aliphatic hydroxyl groups excluding tert-OH is 1. The first-order valence-corrected chi connectivity index (χ1v) is 10.2. The van der Waals surface area contributed by atoms with Gasteiger partial charge >= 0.3 is 0 Å². The zero-order chi connectivity index (χ0) is 20.9. The Morgan fingerprint density at radius 2 is 1.79 bits per heavy atom. The van der Waals surface area contributed by atoms with Crippen LogP contribution >= 0.6 is 0 Å². The fourth-order valence-corrected chi connectivity index (χ4v) is 3.68. The van der Waals surface area contributed by atoms with Crippen molar-refractivity contribution in [3.8, 4) is 5.75 Å². The molecule has 28 heavy (non-hydrogen) atoms. The Kier molecular flexibility index (Phi) is 6.82. The number of hydrogen-bond donors (Lipinski definition) is 3. The molecule has 2 rings (SSSR count). The van der Waals surface area contributed by atoms with Crippen LogP contribution in [0.1, 0.15) is 26.3 Å². The van der Waals surface area contributed by atoms with Crippen molar-refractivity contribution in [3.63, 3.8) is 0 Å². The number of carbonyl (C=O) groups is 1. The fraction of sp³-hybridized carbons (Fsp3) is 0.350. The van der Waals surface area contributed by atoms with Crippen LogP contribution in [0.15, 0.2) is 53.4 Å². The lowest BCUT2D eigenvalue weighted by Crippen LogP contribution is -2.46. The smallest absolute Gasteiger partial charge is 0.244 e. The number of rotatable bonds is 7. The number of nitrogens with one attached hydrogen (secondary N) is 2. The Hall–Kier alpha value is -2.42. The average molecular weight is 407 g/mol. The summed E-state index contributed by atoms with van der Waals surface area (Å²) in [7, 11) is -2.48. The van der Waals surface area contributed by atoms with Gasteiger partial charge in [-0.2, -0.15) is 4.72 Å². The van der Waals surface area contributed by atoms with E-state index in [-0.39, 0.29) is 10.3 Å². The van der Waals surface area contributed by atoms with Gasteiger partial charge in [-0.05, 0) is 35.2 Å². The standard InChI is InChI=1S/C20H26N2O5S/c1-20(2,3)14-8-10-17(11-9-14)28(25,26)22-18(13-23)19(24)21-15-6-5-7-16(12-15)27-4/h5-12,18,22-23H,13H2,1-4H3,(H,21,24). The summed E-state index contributed by atoms with van der Waals surface area (Å²) < 4.78 is 32.5. The Bertz CT molecular complexity index is 918. The minimum absolute atomic E-state index is 0.0214. The normalized spacial score (nSPS) is 13.0. The summed E-state index contributed by atoms with van der Waals surface area (Å²) in [5.41, 5.74) is 1.30. The Morgan fingerprint density at radius 3 is 2.32 bits per heavy atom. The third kappa shape index (κ3) is 5.54. The molecule has 8 heteroatoms. The van der Waals surface area contributed by atoms with Crippen LogP contribution in [0.2, 0.25) is 0 Å². The van der Waals surface area contributed by atoms with Gasteiger partial charge in [-0.1, -0.05) is 39.0 Å². The summed E-state index contributed by atoms with van der Waals surface area (Å²) in [5, 5.41) is 12.1. The molecule has 0 bridgehead atoms. The maximum absolute atomic E-state index is 12.6. The zero-order valence-corrected chi connectivity index (χ0v) is 17.2. The van der Waals surface area contributed by atoms with Gasteiger partial charge in [-0.3, -0.25) is 4.79 Å². The lowest BCUT2D eigenvalue weighted by Gasteiger charge is -2.20. The average Bonchev–Trinajstić information content (AvgIpc) is 2.65. The molecule has 0 saturated heterocycles. The summed E-state index contributed by atoms with van der Waals surface area (Å²) in [4.78, 5) is 12.4. The van der Waals surface area contributed by atoms with Crippen LogP contribution in [-0.2, 0) is 20.2 Å². The molecule has 0 aliphatic carbocycles. The predicted octanol–water partition coefficient (Wildman–Crippen LogP) is 2.27. The highest BCUT2D eigenvalue weighted by atomic mass is 32.2. The van der Waals surface area contributed by atoms with Crippen molar-refractivity contribution in [2.75, 3.05) is 19.0 Å². The Morgan fingerprint density at radius 1 is 1.14 bits per heavy atom. The summed E-state index contributed by atoms with van der Waals surface area (Å²) in [5.74, 6) is -0.136. The van der Waals surface area contributed by atoms with E-state index in [0.29, 0.717) is 11.4 Å². The summed E-state index contributed by atoms with van der Waals surface area (Å²) in [6.45, 7) is 5.40. The van der Waals surface area contributed by atoms with Crippen molar-refractivity contribution in [2.24, 2.45) is 0 Å². The summed E-state index contributed by atoms with van der Waals surface area (Å²) in [6, 6.07) is 11.7. The molecule has 0 aromatic heterocycles. The van der Waals surface area contributed by atoms with Gasteiger partial charge in [0.15, 0.2) is 0 Å². The van der Waals surface area contributed by atoms with Crippen molar-refractivity contribution in [2.45, 2.75) is 37.1 Å². The second-order valence-electron chi connectivity index (χ2n) is 7.35. The van der Waals surface area contributed by atoms with Gasteiger partial charge in [0, 0.05) is 11.8 Å². The lowest BCUT2D eigenvalue weighted by molar-refractivity contribution is -0.118. The maximum atomic E-state index is 12.6. The third-order valence-corrected chi connectivity index (χ3v) is 5.65. The number of methoxy groups -OCH3 is 1. The summed E-state index contributed by atoms with van der Waals surface area (Å²) in [6.07, 6.45) is 0. The molecule has 2 aromatic rings. The van der Waals surface area contributed by atoms with Crippen LogP contribution in [0.25, 0.3) is 0 Å². The quantitative estimate of drug-likeness (QED) is 0.654. The molecule has 0 aliphatic heterocycles. The number of ether oxygens (including phenoxy) is 1. The van der Waals surface area contributed by atoms with Crippen LogP contribution in [0, 0.1) is 0 Å². The van der Waals surface area contributed by atoms with Crippen molar-refractivity contribution >= 4 is 21.6 Å². The molecule has 2 aromatic carbocycles. The predicted molar refractivity (Wildman–Crippen MR) is 108 cm³/mol. The van der Waals surface area contributed by atoms with Crippen LogP contribution in [0.5, 0.6) is 5.75 Å². The molecule has 1 unspecified atom stereocenters. The molecular formula is C20H26N2O5S. The van der Waals surface area contributed by atoms with Gasteiger partial charge in [0.05, 0.1) is 18.6 Å². The third-order valence-electron chi connectivity index (χ3n) is 4.16. The highest BCUT2D eigenvalue weighted by Crippen LogP contribution is 2.23. The van der Waals surface area contributed by atoms with Crippen molar-refractivity contribution in [1.82, 2.24) is 4.72 Å². The summed E-state index contributed by atoms with van der Waals surface area (Å²) >= 11 is 0. The number of aliphatic hydroxyl groups is 1. The first-order valence-electron chi connectivity index (χ1n) is 8.75. The topological polar surface area (TPSA) is 105 Å². The molecule has 3 N–H and O–H groups in total. The maximum Gasteiger partial charge on any atom is 0.244 e. The minimum atomic E-state index is -3.98. The van der Waals surface area contributed by atoms with E-state index in [0.717, 1.165) is 5.56 Å². The van der Waals surface area contributed by atoms with E-state index >= 15 is 0 Å². The molecule has 152 valence electrons. The van der Waals surface area contributed by atoms with Gasteiger partial charge in [-0.15, -0.1) is 0 Å². The van der Waals surface area contributed by atoms with Crippen LogP contribution in [0.4, 0.5) is 5.69 Å². The van der Waals surface area contributed by atoms with Gasteiger partial charge in [0.1, 0.15) is 11.8 Å². The van der Waals surface area contributed by atoms with E-state index in [1.165, 1.54) is 19.2 Å². The number of hydrogen-bond acceptors (Lipinski definition) is 5. The molecule has 0 spiro atoms. The molecule has 1 amide bonds. The number of benzene rings is 2. The Balaban J connectivity index is 2.14. The number of anilines is 1. The van der Waals surface area contributed by atoms with Crippen LogP contribution in [0.3, 0.4) is 0 Å². The van der Waals surface area contributed by atoms with Crippen molar-refractivity contribution < 1.29 is 23.1 Å². The zero-order valence-electron chi connectivity index (χ0n) is 16.4. The van der Waals surface area contributed by atoms with Crippen molar-refractivity contribution in [1.29, 1.82) is 0 Å². The molecule has 7 nitrogen and oxygen atoms in total. The molecular weight excluding hydrogens is 380 g/mol. The first kappa shape index (κ1) is 21.9. The van der Waals surface area contributed by atoms with Crippen molar-refractivity contribution in [3.05, 3.63) is 54.1 Å². The van der Waals surface area contributed by atoms with Gasteiger partial charge < -0.3 is 15.2 Å². The van der Waals surface area contributed by atoms with Gasteiger partial charge in [0.25, 0.3) is 0 Å². The highest BCUT2D eigenvalue weighted by Gasteiger charge is 2.26. The fourth-order valence-electron chi connectivity index (χ4n) is 2.49. The Labute approximate surface area is 165 Å². The van der Waals surface area contributed by atoms with Crippen LogP contribution in [-0.4, -0.2) is 39.2 Å². The van der Waals surface area contributed by atoms with E-state index in [2.05, 4.69) is 10.0 Å². The molecule has 1 atom stereocenters. The molecule has 0 fully saturated rings. The lowest BCUT2D eigenvalue weighted by atomic mass is 9.87. The number of sulfonamides is 1. The van der Waals surface area contributed by atoms with E-state index in [4.69, 9.17) is 4.74 Å². The van der Waals surface area contributed by atoms with Gasteiger partial charge in [-0.25, -0.2) is 8.42 Å². The SMILES string of the molecule is COc1cccc(NC(=O)C(CO)NS(=O)(=O)c2ccc(C(C)(C)C)cc2)c1. The van der Waals surface area contributed by atoms with E-state index in [1.807, 2.05) is 20.8 Å². The molecule has 0 radical (unpaired) electrons. The highest BCUT2D eigenvalue weighted by molar-refractivity contribution is 7.89. The van der Waals surface area contributed by atoms with Crippen LogP contribution < -0.4 is 14.8 Å².